The summed E-state index contributed by atoms with van der Waals surface area (Å²) >= 11 is 0. The first-order valence-electron chi connectivity index (χ1n) is 32.9. The first-order valence-corrected chi connectivity index (χ1v) is 32.9. The summed E-state index contributed by atoms with van der Waals surface area (Å²) in [6, 6.07) is 57.2. The highest BCUT2D eigenvalue weighted by molar-refractivity contribution is 5.83. The molecule has 0 aromatic heterocycles. The van der Waals surface area contributed by atoms with Crippen LogP contribution in [0.3, 0.4) is 0 Å². The second-order valence-corrected chi connectivity index (χ2v) is 23.1. The summed E-state index contributed by atoms with van der Waals surface area (Å²) in [6.07, 6.45) is 36.6. The maximum absolute atomic E-state index is 6.64. The van der Waals surface area contributed by atoms with Gasteiger partial charge in [-0.2, -0.15) is 0 Å². The highest BCUT2D eigenvalue weighted by Gasteiger charge is 2.17. The maximum Gasteiger partial charge on any atom is 0.128 e. The lowest BCUT2D eigenvalue weighted by molar-refractivity contribution is 0.303. The van der Waals surface area contributed by atoms with Gasteiger partial charge in [-0.05, 0) is 118 Å². The van der Waals surface area contributed by atoms with Gasteiger partial charge >= 0.3 is 0 Å². The standard InChI is InChI=1S/C78H102O4/c1-5-9-13-15-17-19-21-23-25-27-29-31-59-79-73-53-49-69(50-54-73)65-37-33-63(34-38-65)67-41-45-71(46-42-67)75-61-78(82-58-12-8-4)76(62-77(75)81-57-11-7-3)72-47-43-68(44-48-72)64-35-39-66(40-36-64)70-51-55-74(56-52-70)80-60-32-30-28-26-24-22-20-18-16-14-10-6-2/h33-56,61-62H,5-32,57-60H2,1-4H3. The van der Waals surface area contributed by atoms with Crippen LogP contribution in [-0.2, 0) is 0 Å². The summed E-state index contributed by atoms with van der Waals surface area (Å²) in [5.41, 5.74) is 13.8. The van der Waals surface area contributed by atoms with E-state index in [9.17, 15) is 0 Å². The Hall–Kier alpha value is -6.26. The van der Waals surface area contributed by atoms with Crippen LogP contribution < -0.4 is 18.9 Å². The molecule has 4 heteroatoms. The molecule has 7 aromatic rings. The lowest BCUT2D eigenvalue weighted by atomic mass is 9.94. The van der Waals surface area contributed by atoms with E-state index < -0.39 is 0 Å². The minimum absolute atomic E-state index is 0.658. The number of unbranched alkanes of at least 4 members (excludes halogenated alkanes) is 24. The van der Waals surface area contributed by atoms with E-state index >= 15 is 0 Å². The van der Waals surface area contributed by atoms with Crippen LogP contribution in [0.1, 0.15) is 207 Å². The topological polar surface area (TPSA) is 36.9 Å². The average molecular weight is 1100 g/mol. The van der Waals surface area contributed by atoms with E-state index in [1.165, 1.54) is 186 Å². The molecular formula is C78H102O4. The molecule has 0 aliphatic rings. The molecule has 0 atom stereocenters. The Morgan fingerprint density at radius 2 is 0.390 bits per heavy atom. The van der Waals surface area contributed by atoms with Crippen molar-refractivity contribution in [3.63, 3.8) is 0 Å². The fourth-order valence-electron chi connectivity index (χ4n) is 11.1. The molecule has 4 nitrogen and oxygen atoms in total. The number of hydrogen-bond donors (Lipinski definition) is 0. The van der Waals surface area contributed by atoms with Crippen molar-refractivity contribution in [3.8, 4) is 89.8 Å². The Morgan fingerprint density at radius 1 is 0.195 bits per heavy atom. The van der Waals surface area contributed by atoms with Crippen molar-refractivity contribution < 1.29 is 18.9 Å². The summed E-state index contributed by atoms with van der Waals surface area (Å²) < 4.78 is 25.5. The van der Waals surface area contributed by atoms with Crippen molar-refractivity contribution in [1.82, 2.24) is 0 Å². The third-order valence-electron chi connectivity index (χ3n) is 16.3. The minimum Gasteiger partial charge on any atom is -0.494 e. The van der Waals surface area contributed by atoms with E-state index in [1.807, 2.05) is 0 Å². The van der Waals surface area contributed by atoms with Crippen LogP contribution in [-0.4, -0.2) is 26.4 Å². The van der Waals surface area contributed by atoms with Gasteiger partial charge in [0.15, 0.2) is 0 Å². The molecule has 438 valence electrons. The third-order valence-corrected chi connectivity index (χ3v) is 16.3. The van der Waals surface area contributed by atoms with Gasteiger partial charge in [0.1, 0.15) is 23.0 Å². The van der Waals surface area contributed by atoms with E-state index in [0.717, 1.165) is 97.0 Å². The van der Waals surface area contributed by atoms with Crippen molar-refractivity contribution in [3.05, 3.63) is 158 Å². The molecule has 82 heavy (non-hydrogen) atoms. The van der Waals surface area contributed by atoms with Crippen LogP contribution in [0.5, 0.6) is 23.0 Å². The molecule has 0 radical (unpaired) electrons. The second-order valence-electron chi connectivity index (χ2n) is 23.1. The molecule has 7 aromatic carbocycles. The number of hydrogen-bond acceptors (Lipinski definition) is 4. The van der Waals surface area contributed by atoms with E-state index in [4.69, 9.17) is 18.9 Å². The second kappa shape index (κ2) is 37.8. The third kappa shape index (κ3) is 21.8. The number of ether oxygens (including phenoxy) is 4. The van der Waals surface area contributed by atoms with E-state index in [2.05, 4.69) is 185 Å². The van der Waals surface area contributed by atoms with Gasteiger partial charge < -0.3 is 18.9 Å². The first-order chi connectivity index (χ1) is 40.6. The predicted molar refractivity (Wildman–Crippen MR) is 353 cm³/mol. The van der Waals surface area contributed by atoms with Crippen LogP contribution >= 0.6 is 0 Å². The van der Waals surface area contributed by atoms with Crippen LogP contribution in [0.2, 0.25) is 0 Å². The predicted octanol–water partition coefficient (Wildman–Crippen LogP) is 24.2. The van der Waals surface area contributed by atoms with Crippen LogP contribution in [0, 0.1) is 0 Å². The monoisotopic (exact) mass is 1100 g/mol. The largest absolute Gasteiger partial charge is 0.494 e. The average Bonchev–Trinajstić information content (AvgIpc) is 3.56. The molecule has 0 amide bonds. The minimum atomic E-state index is 0.658. The molecular weight excluding hydrogens is 1000 g/mol. The Bertz CT molecular complexity index is 2560. The van der Waals surface area contributed by atoms with Gasteiger partial charge in [-0.3, -0.25) is 0 Å². The SMILES string of the molecule is CCCCCCCCCCCCCCOc1ccc(-c2ccc(-c3ccc(-c4cc(OCCCC)c(-c5ccc(-c6ccc(-c7ccc(OCCCCCCCCCCCCCC)cc7)cc6)cc5)cc4OCCCC)cc3)cc2)cc1. The van der Waals surface area contributed by atoms with Gasteiger partial charge in [0.2, 0.25) is 0 Å². The molecule has 0 bridgehead atoms. The van der Waals surface area contributed by atoms with Crippen molar-refractivity contribution in [2.75, 3.05) is 26.4 Å². The Labute approximate surface area is 497 Å². The smallest absolute Gasteiger partial charge is 0.128 e. The van der Waals surface area contributed by atoms with Crippen molar-refractivity contribution in [2.24, 2.45) is 0 Å². The molecule has 0 unspecified atom stereocenters. The zero-order chi connectivity index (χ0) is 57.1. The summed E-state index contributed by atoms with van der Waals surface area (Å²) in [6.45, 7) is 11.9. The maximum atomic E-state index is 6.64. The summed E-state index contributed by atoms with van der Waals surface area (Å²) in [5, 5.41) is 0. The summed E-state index contributed by atoms with van der Waals surface area (Å²) in [4.78, 5) is 0. The van der Waals surface area contributed by atoms with Crippen molar-refractivity contribution in [2.45, 2.75) is 207 Å². The molecule has 7 rings (SSSR count). The lowest BCUT2D eigenvalue weighted by Crippen LogP contribution is -2.02. The molecule has 0 N–H and O–H groups in total. The molecule has 0 saturated heterocycles. The zero-order valence-electron chi connectivity index (χ0n) is 51.3. The Kier molecular flexibility index (Phi) is 29.2. The van der Waals surface area contributed by atoms with Crippen LogP contribution in [0.25, 0.3) is 66.8 Å². The summed E-state index contributed by atoms with van der Waals surface area (Å²) in [7, 11) is 0. The van der Waals surface area contributed by atoms with Crippen LogP contribution in [0.4, 0.5) is 0 Å². The number of rotatable bonds is 42. The molecule has 0 saturated carbocycles. The highest BCUT2D eigenvalue weighted by atomic mass is 16.5. The normalized spacial score (nSPS) is 11.3. The molecule has 0 aliphatic carbocycles. The van der Waals surface area contributed by atoms with Gasteiger partial charge in [-0.1, -0.05) is 303 Å². The van der Waals surface area contributed by atoms with Gasteiger partial charge in [0.25, 0.3) is 0 Å². The molecule has 0 spiro atoms. The van der Waals surface area contributed by atoms with Gasteiger partial charge in [0.05, 0.1) is 26.4 Å². The quantitative estimate of drug-likeness (QED) is 0.0358. The van der Waals surface area contributed by atoms with Crippen LogP contribution in [0.15, 0.2) is 158 Å². The van der Waals surface area contributed by atoms with E-state index in [1.54, 1.807) is 0 Å². The van der Waals surface area contributed by atoms with Gasteiger partial charge in [-0.15, -0.1) is 0 Å². The van der Waals surface area contributed by atoms with Gasteiger partial charge in [0, 0.05) is 11.1 Å². The molecule has 0 heterocycles. The Morgan fingerprint density at radius 3 is 0.634 bits per heavy atom. The number of benzene rings is 7. The first kappa shape index (κ1) is 63.3. The van der Waals surface area contributed by atoms with E-state index in [0.29, 0.717) is 13.2 Å². The Balaban J connectivity index is 0.917. The summed E-state index contributed by atoms with van der Waals surface area (Å²) in [5.74, 6) is 3.66. The van der Waals surface area contributed by atoms with Crippen molar-refractivity contribution in [1.29, 1.82) is 0 Å². The molecule has 0 aliphatic heterocycles. The van der Waals surface area contributed by atoms with E-state index in [-0.39, 0.29) is 0 Å². The highest BCUT2D eigenvalue weighted by Crippen LogP contribution is 2.43. The molecule has 0 fully saturated rings. The van der Waals surface area contributed by atoms with Gasteiger partial charge in [-0.25, -0.2) is 0 Å². The fraction of sp³-hybridized carbons (Fsp3) is 0.462. The fourth-order valence-corrected chi connectivity index (χ4v) is 11.1. The zero-order valence-corrected chi connectivity index (χ0v) is 51.3. The van der Waals surface area contributed by atoms with Crippen molar-refractivity contribution >= 4 is 0 Å². The lowest BCUT2D eigenvalue weighted by Gasteiger charge is -2.19.